The molecule has 2 amide bonds. The second kappa shape index (κ2) is 9.15. The largest absolute Gasteiger partial charge is 0.346 e. The van der Waals surface area contributed by atoms with Gasteiger partial charge in [-0.1, -0.05) is 13.3 Å². The Balaban J connectivity index is 0.00000324. The summed E-state index contributed by atoms with van der Waals surface area (Å²) in [6, 6.07) is -0.338. The topological polar surface area (TPSA) is 52.7 Å². The van der Waals surface area contributed by atoms with Crippen LogP contribution in [0.25, 0.3) is 0 Å². The monoisotopic (exact) mass is 291 g/mol. The Hall–Kier alpha value is -0.810. The zero-order chi connectivity index (χ0) is 13.5. The Morgan fingerprint density at radius 3 is 2.74 bits per heavy atom. The Kier molecular flexibility index (Phi) is 8.76. The normalized spacial score (nSPS) is 19.0. The molecule has 0 aromatic carbocycles. The number of nitrogens with zero attached hydrogens (tertiary/aromatic N) is 2. The van der Waals surface area contributed by atoms with E-state index in [1.807, 2.05) is 14.0 Å². The van der Waals surface area contributed by atoms with Gasteiger partial charge in [0.25, 0.3) is 0 Å². The van der Waals surface area contributed by atoms with Gasteiger partial charge in [-0.25, -0.2) is 0 Å². The molecule has 1 fully saturated rings. The van der Waals surface area contributed by atoms with Crippen LogP contribution < -0.4 is 5.32 Å². The summed E-state index contributed by atoms with van der Waals surface area (Å²) in [5, 5.41) is 3.14. The van der Waals surface area contributed by atoms with Crippen LogP contribution in [0.15, 0.2) is 0 Å². The zero-order valence-corrected chi connectivity index (χ0v) is 13.0. The quantitative estimate of drug-likeness (QED) is 0.790. The predicted octanol–water partition coefficient (Wildman–Crippen LogP) is 0.877. The molecule has 1 N–H and O–H groups in total. The number of likely N-dealkylation sites (N-methyl/N-ethyl adjacent to an activating group) is 1. The number of hydrogen-bond acceptors (Lipinski definition) is 3. The summed E-state index contributed by atoms with van der Waals surface area (Å²) in [7, 11) is 1.81. The first-order valence-electron chi connectivity index (χ1n) is 6.86. The van der Waals surface area contributed by atoms with Crippen molar-refractivity contribution in [1.82, 2.24) is 15.1 Å². The van der Waals surface area contributed by atoms with Crippen molar-refractivity contribution in [2.24, 2.45) is 0 Å². The van der Waals surface area contributed by atoms with E-state index in [1.165, 1.54) is 0 Å². The minimum absolute atomic E-state index is 0. The molecule has 1 heterocycles. The molecule has 0 radical (unpaired) electrons. The van der Waals surface area contributed by atoms with E-state index < -0.39 is 0 Å². The number of carbonyl (C=O) groups is 2. The second-order valence-electron chi connectivity index (χ2n) is 4.80. The molecule has 112 valence electrons. The van der Waals surface area contributed by atoms with Crippen LogP contribution >= 0.6 is 12.4 Å². The molecule has 0 bridgehead atoms. The number of piperazine rings is 1. The number of nitrogens with one attached hydrogen (secondary N) is 1. The van der Waals surface area contributed by atoms with Crippen LogP contribution in [0, 0.1) is 0 Å². The first kappa shape index (κ1) is 18.2. The fourth-order valence-corrected chi connectivity index (χ4v) is 2.12. The summed E-state index contributed by atoms with van der Waals surface area (Å²) in [5.41, 5.74) is 0. The molecule has 0 spiro atoms. The number of carbonyl (C=O) groups excluding carboxylic acids is 2. The lowest BCUT2D eigenvalue weighted by molar-refractivity contribution is -0.140. The minimum atomic E-state index is -0.338. The van der Waals surface area contributed by atoms with Gasteiger partial charge in [0.15, 0.2) is 0 Å². The van der Waals surface area contributed by atoms with Crippen LogP contribution in [0.1, 0.15) is 33.1 Å². The number of rotatable bonds is 6. The van der Waals surface area contributed by atoms with Crippen molar-refractivity contribution in [2.45, 2.75) is 39.2 Å². The van der Waals surface area contributed by atoms with E-state index >= 15 is 0 Å². The molecule has 0 aliphatic carbocycles. The molecular weight excluding hydrogens is 266 g/mol. The van der Waals surface area contributed by atoms with E-state index in [-0.39, 0.29) is 36.7 Å². The van der Waals surface area contributed by atoms with Gasteiger partial charge in [-0.15, -0.1) is 12.4 Å². The van der Waals surface area contributed by atoms with Gasteiger partial charge in [-0.3, -0.25) is 9.59 Å². The molecule has 0 aromatic heterocycles. The van der Waals surface area contributed by atoms with Crippen LogP contribution in [0.4, 0.5) is 0 Å². The van der Waals surface area contributed by atoms with Gasteiger partial charge in [0.2, 0.25) is 11.8 Å². The Labute approximate surface area is 122 Å². The van der Waals surface area contributed by atoms with Gasteiger partial charge < -0.3 is 15.1 Å². The van der Waals surface area contributed by atoms with Crippen LogP contribution in [0.3, 0.4) is 0 Å². The van der Waals surface area contributed by atoms with Crippen molar-refractivity contribution in [2.75, 3.05) is 33.2 Å². The molecule has 1 saturated heterocycles. The van der Waals surface area contributed by atoms with E-state index in [4.69, 9.17) is 0 Å². The fraction of sp³-hybridized carbons (Fsp3) is 0.846. The van der Waals surface area contributed by atoms with Gasteiger partial charge in [0, 0.05) is 33.2 Å². The summed E-state index contributed by atoms with van der Waals surface area (Å²) in [6.45, 7) is 7.08. The highest BCUT2D eigenvalue weighted by atomic mass is 35.5. The second-order valence-corrected chi connectivity index (χ2v) is 4.80. The molecule has 6 heteroatoms. The van der Waals surface area contributed by atoms with Gasteiger partial charge in [0.1, 0.15) is 0 Å². The zero-order valence-electron chi connectivity index (χ0n) is 12.1. The lowest BCUT2D eigenvalue weighted by Gasteiger charge is -2.32. The third-order valence-electron chi connectivity index (χ3n) is 3.42. The van der Waals surface area contributed by atoms with Gasteiger partial charge in [-0.05, 0) is 13.3 Å². The van der Waals surface area contributed by atoms with Crippen molar-refractivity contribution in [3.63, 3.8) is 0 Å². The molecule has 1 atom stereocenters. The lowest BCUT2D eigenvalue weighted by atomic mass is 10.1. The molecule has 1 rings (SSSR count). The molecule has 0 aromatic rings. The van der Waals surface area contributed by atoms with Crippen LogP contribution in [-0.2, 0) is 9.59 Å². The van der Waals surface area contributed by atoms with Crippen LogP contribution in [0.2, 0.25) is 0 Å². The molecule has 1 unspecified atom stereocenters. The van der Waals surface area contributed by atoms with Crippen molar-refractivity contribution < 1.29 is 9.59 Å². The first-order chi connectivity index (χ1) is 8.60. The Morgan fingerprint density at radius 1 is 1.47 bits per heavy atom. The number of halogens is 1. The maximum atomic E-state index is 12.0. The minimum Gasteiger partial charge on any atom is -0.346 e. The van der Waals surface area contributed by atoms with E-state index in [2.05, 4.69) is 12.2 Å². The van der Waals surface area contributed by atoms with Crippen molar-refractivity contribution >= 4 is 24.2 Å². The summed E-state index contributed by atoms with van der Waals surface area (Å²) >= 11 is 0. The van der Waals surface area contributed by atoms with Crippen molar-refractivity contribution in [3.05, 3.63) is 0 Å². The fourth-order valence-electron chi connectivity index (χ4n) is 2.12. The van der Waals surface area contributed by atoms with E-state index in [9.17, 15) is 9.59 Å². The van der Waals surface area contributed by atoms with Crippen molar-refractivity contribution in [3.8, 4) is 0 Å². The number of amides is 2. The summed E-state index contributed by atoms with van der Waals surface area (Å²) in [5.74, 6) is 0.105. The van der Waals surface area contributed by atoms with Crippen LogP contribution in [0.5, 0.6) is 0 Å². The third kappa shape index (κ3) is 5.37. The predicted molar refractivity (Wildman–Crippen MR) is 78.5 cm³/mol. The lowest BCUT2D eigenvalue weighted by Crippen LogP contribution is -2.56. The van der Waals surface area contributed by atoms with Crippen molar-refractivity contribution in [1.29, 1.82) is 0 Å². The van der Waals surface area contributed by atoms with Crippen LogP contribution in [-0.4, -0.2) is 60.9 Å². The third-order valence-corrected chi connectivity index (χ3v) is 3.42. The highest BCUT2D eigenvalue weighted by Gasteiger charge is 2.29. The molecule has 19 heavy (non-hydrogen) atoms. The standard InChI is InChI=1S/C13H25N3O2.ClH/c1-4-6-8-15(3)12(17)10-11-13(18)16(5-2)9-7-14-11;/h11,14H,4-10H2,1-3H3;1H. The summed E-state index contributed by atoms with van der Waals surface area (Å²) in [6.07, 6.45) is 2.35. The molecule has 1 aliphatic heterocycles. The average Bonchev–Trinajstić information content (AvgIpc) is 2.38. The smallest absolute Gasteiger partial charge is 0.240 e. The van der Waals surface area contributed by atoms with E-state index in [1.54, 1.807) is 9.80 Å². The first-order valence-corrected chi connectivity index (χ1v) is 6.86. The molecular formula is C13H26ClN3O2. The Bertz CT molecular complexity index is 300. The SMILES string of the molecule is CCCCN(C)C(=O)CC1NCCN(CC)C1=O.Cl. The van der Waals surface area contributed by atoms with Gasteiger partial charge in [0.05, 0.1) is 12.5 Å². The Morgan fingerprint density at radius 2 is 2.16 bits per heavy atom. The summed E-state index contributed by atoms with van der Waals surface area (Å²) < 4.78 is 0. The average molecular weight is 292 g/mol. The summed E-state index contributed by atoms with van der Waals surface area (Å²) in [4.78, 5) is 27.5. The maximum Gasteiger partial charge on any atom is 0.240 e. The molecule has 5 nitrogen and oxygen atoms in total. The number of hydrogen-bond donors (Lipinski definition) is 1. The molecule has 0 saturated carbocycles. The van der Waals surface area contributed by atoms with Gasteiger partial charge in [-0.2, -0.15) is 0 Å². The highest BCUT2D eigenvalue weighted by Crippen LogP contribution is 2.07. The van der Waals surface area contributed by atoms with E-state index in [0.29, 0.717) is 0 Å². The number of unbranched alkanes of at least 4 members (excludes halogenated alkanes) is 1. The maximum absolute atomic E-state index is 12.0. The van der Waals surface area contributed by atoms with E-state index in [0.717, 1.165) is 39.0 Å². The van der Waals surface area contributed by atoms with Gasteiger partial charge >= 0.3 is 0 Å². The molecule has 1 aliphatic rings. The highest BCUT2D eigenvalue weighted by molar-refractivity contribution is 5.88.